The van der Waals surface area contributed by atoms with Crippen molar-refractivity contribution in [2.45, 2.75) is 63.3 Å². The molecule has 3 aliphatic rings. The molecule has 0 radical (unpaired) electrons. The predicted octanol–water partition coefficient (Wildman–Crippen LogP) is 7.07. The fourth-order valence-electron chi connectivity index (χ4n) is 7.87. The zero-order valence-electron chi connectivity index (χ0n) is 30.2. The van der Waals surface area contributed by atoms with Crippen LogP contribution in [0.15, 0.2) is 66.7 Å². The topological polar surface area (TPSA) is 172 Å². The van der Waals surface area contributed by atoms with Crippen LogP contribution in [0.2, 0.25) is 0 Å². The van der Waals surface area contributed by atoms with Gasteiger partial charge in [0.25, 0.3) is 11.6 Å². The van der Waals surface area contributed by atoms with Gasteiger partial charge in [-0.15, -0.1) is 11.6 Å². The molecule has 4 aromatic rings. The van der Waals surface area contributed by atoms with Gasteiger partial charge in [-0.25, -0.2) is 9.69 Å². The predicted molar refractivity (Wildman–Crippen MR) is 205 cm³/mol. The molecule has 3 aliphatic heterocycles. The molecule has 288 valence electrons. The Labute approximate surface area is 321 Å². The average molecular weight is 773 g/mol. The largest absolute Gasteiger partial charge is 0.493 e. The van der Waals surface area contributed by atoms with Gasteiger partial charge in [0.2, 0.25) is 5.91 Å². The van der Waals surface area contributed by atoms with Gasteiger partial charge >= 0.3 is 6.09 Å². The summed E-state index contributed by atoms with van der Waals surface area (Å²) >= 11 is 6.46. The van der Waals surface area contributed by atoms with E-state index < -0.39 is 23.3 Å². The molecule has 0 aliphatic carbocycles. The van der Waals surface area contributed by atoms with Gasteiger partial charge in [-0.3, -0.25) is 19.7 Å². The molecule has 0 saturated carbocycles. The number of non-ortho nitro benzene ring substituents is 1. The van der Waals surface area contributed by atoms with Crippen molar-refractivity contribution in [2.24, 2.45) is 0 Å². The number of alkyl halides is 1. The summed E-state index contributed by atoms with van der Waals surface area (Å²) in [7, 11) is 1.44. The number of ether oxygens (including phenoxy) is 3. The van der Waals surface area contributed by atoms with Crippen molar-refractivity contribution in [3.05, 3.63) is 93.5 Å². The monoisotopic (exact) mass is 772 g/mol. The number of rotatable bonds is 13. The zero-order chi connectivity index (χ0) is 38.8. The van der Waals surface area contributed by atoms with Crippen LogP contribution in [0.5, 0.6) is 17.2 Å². The van der Waals surface area contributed by atoms with Crippen molar-refractivity contribution >= 4 is 57.3 Å². The Kier molecular flexibility index (Phi) is 11.0. The lowest BCUT2D eigenvalue weighted by Crippen LogP contribution is -2.50. The summed E-state index contributed by atoms with van der Waals surface area (Å²) in [5.41, 5.74) is 2.67. The molecule has 1 fully saturated rings. The van der Waals surface area contributed by atoms with Crippen molar-refractivity contribution < 1.29 is 43.7 Å². The second-order valence-electron chi connectivity index (χ2n) is 13.9. The lowest BCUT2D eigenvalue weighted by atomic mass is 9.95. The van der Waals surface area contributed by atoms with Crippen LogP contribution in [0.25, 0.3) is 10.8 Å². The molecule has 15 heteroatoms. The number of hydrogen-bond donors (Lipinski definition) is 2. The van der Waals surface area contributed by atoms with Gasteiger partial charge in [-0.2, -0.15) is 0 Å². The Balaban J connectivity index is 1.00. The van der Waals surface area contributed by atoms with Crippen LogP contribution in [0.3, 0.4) is 0 Å². The normalized spacial score (nSPS) is 18.8. The van der Waals surface area contributed by atoms with E-state index in [0.29, 0.717) is 56.8 Å². The van der Waals surface area contributed by atoms with E-state index >= 15 is 0 Å². The standard InChI is InChI=1S/C40H41ClN4O10/c1-53-34-18-29-31(44(40(49)50)39(48)30-10-7-16-42(30)38(29)47)19-35(34)54-17-6-2-3-11-36(46)43-22-25(21-41)37-28-9-5-4-8-27(28)33(20-32(37)43)55-23-24-12-14-26(15-13-24)45(51)52/h4-5,8-9,12-15,18-20,25,30,39,48H,2-3,6-7,10-11,16-17,21-23H2,1H3,(H,49,50)/t25-,30?,39?/m1/s1. The third kappa shape index (κ3) is 7.31. The summed E-state index contributed by atoms with van der Waals surface area (Å²) < 4.78 is 17.8. The summed E-state index contributed by atoms with van der Waals surface area (Å²) in [6.45, 7) is 1.29. The van der Waals surface area contributed by atoms with E-state index in [0.717, 1.165) is 32.5 Å². The van der Waals surface area contributed by atoms with E-state index in [2.05, 4.69) is 0 Å². The second kappa shape index (κ2) is 16.0. The first-order chi connectivity index (χ1) is 26.6. The molecule has 0 spiro atoms. The van der Waals surface area contributed by atoms with Crippen LogP contribution >= 0.6 is 11.6 Å². The lowest BCUT2D eigenvalue weighted by molar-refractivity contribution is -0.384. The van der Waals surface area contributed by atoms with Crippen LogP contribution in [0.1, 0.15) is 65.9 Å². The van der Waals surface area contributed by atoms with E-state index in [1.165, 1.54) is 36.3 Å². The first-order valence-corrected chi connectivity index (χ1v) is 18.8. The number of carbonyl (C=O) groups excluding carboxylic acids is 2. The molecule has 0 aromatic heterocycles. The van der Waals surface area contributed by atoms with Crippen molar-refractivity contribution in [3.63, 3.8) is 0 Å². The Morgan fingerprint density at radius 2 is 1.71 bits per heavy atom. The van der Waals surface area contributed by atoms with Gasteiger partial charge in [0.05, 0.1) is 41.6 Å². The lowest BCUT2D eigenvalue weighted by Gasteiger charge is -2.30. The van der Waals surface area contributed by atoms with E-state index in [4.69, 9.17) is 25.8 Å². The molecule has 2 N–H and O–H groups in total. The van der Waals surface area contributed by atoms with Crippen LogP contribution in [0, 0.1) is 10.1 Å². The smallest absolute Gasteiger partial charge is 0.414 e. The minimum atomic E-state index is -1.42. The first kappa shape index (κ1) is 37.7. The zero-order valence-corrected chi connectivity index (χ0v) is 30.9. The molecule has 3 amide bonds. The summed E-state index contributed by atoms with van der Waals surface area (Å²) in [5, 5.41) is 34.0. The summed E-state index contributed by atoms with van der Waals surface area (Å²) in [6, 6.07) is 18.2. The maximum absolute atomic E-state index is 13.7. The Bertz CT molecular complexity index is 2130. The number of hydrogen-bond acceptors (Lipinski definition) is 9. The molecule has 1 saturated heterocycles. The van der Waals surface area contributed by atoms with E-state index in [1.807, 2.05) is 30.3 Å². The molecular weight excluding hydrogens is 732 g/mol. The number of anilines is 2. The number of nitro benzene ring substituents is 1. The fraction of sp³-hybridized carbons (Fsp3) is 0.375. The highest BCUT2D eigenvalue weighted by Crippen LogP contribution is 2.46. The number of nitro groups is 1. The fourth-order valence-corrected chi connectivity index (χ4v) is 8.13. The highest BCUT2D eigenvalue weighted by atomic mass is 35.5. The number of carbonyl (C=O) groups is 3. The number of benzene rings is 4. The van der Waals surface area contributed by atoms with Gasteiger partial charge < -0.3 is 34.2 Å². The van der Waals surface area contributed by atoms with Gasteiger partial charge in [-0.05, 0) is 66.8 Å². The Hall–Kier alpha value is -5.60. The van der Waals surface area contributed by atoms with Crippen molar-refractivity contribution in [1.82, 2.24) is 4.90 Å². The number of unbranched alkanes of at least 4 members (excludes halogenated alkanes) is 2. The molecule has 0 bridgehead atoms. The van der Waals surface area contributed by atoms with Crippen LogP contribution in [-0.4, -0.2) is 82.9 Å². The molecule has 3 atom stereocenters. The number of amides is 3. The first-order valence-electron chi connectivity index (χ1n) is 18.2. The van der Waals surface area contributed by atoms with Crippen LogP contribution in [0.4, 0.5) is 21.9 Å². The number of halogens is 1. The number of nitrogens with zero attached hydrogens (tertiary/aromatic N) is 4. The van der Waals surface area contributed by atoms with Crippen LogP contribution in [-0.2, 0) is 11.4 Å². The van der Waals surface area contributed by atoms with Gasteiger partial charge in [0, 0.05) is 61.0 Å². The maximum atomic E-state index is 13.7. The van der Waals surface area contributed by atoms with Crippen LogP contribution < -0.4 is 24.0 Å². The van der Waals surface area contributed by atoms with Gasteiger partial charge in [0.15, 0.2) is 17.7 Å². The quantitative estimate of drug-likeness (QED) is 0.0620. The molecule has 55 heavy (non-hydrogen) atoms. The number of carboxylic acid groups (broad SMARTS) is 1. The number of aliphatic hydroxyl groups excluding tert-OH is 1. The molecular formula is C40H41ClN4O10. The third-order valence-corrected chi connectivity index (χ3v) is 11.0. The van der Waals surface area contributed by atoms with Gasteiger partial charge in [-0.1, -0.05) is 24.3 Å². The van der Waals surface area contributed by atoms with E-state index in [1.54, 1.807) is 17.0 Å². The second-order valence-corrected chi connectivity index (χ2v) is 14.2. The Morgan fingerprint density at radius 3 is 2.42 bits per heavy atom. The molecule has 2 unspecified atom stereocenters. The SMILES string of the molecule is COc1cc2c(cc1OCCCCCC(=O)N1C[C@@H](CCl)c3c1cc(OCc1ccc([N+](=O)[O-])cc1)c1ccccc31)N(C(=O)O)C(O)C1CCCN1C2=O. The maximum Gasteiger partial charge on any atom is 0.414 e. The minimum Gasteiger partial charge on any atom is -0.493 e. The minimum absolute atomic E-state index is 0.0000356. The number of aliphatic hydroxyl groups is 1. The molecule has 4 aromatic carbocycles. The van der Waals surface area contributed by atoms with Crippen molar-refractivity contribution in [1.29, 1.82) is 0 Å². The summed E-state index contributed by atoms with van der Waals surface area (Å²) in [5.74, 6) is 0.961. The summed E-state index contributed by atoms with van der Waals surface area (Å²) in [6.07, 6.45) is 0.467. The summed E-state index contributed by atoms with van der Waals surface area (Å²) in [4.78, 5) is 54.2. The molecule has 7 rings (SSSR count). The highest BCUT2D eigenvalue weighted by Gasteiger charge is 2.45. The Morgan fingerprint density at radius 1 is 0.964 bits per heavy atom. The van der Waals surface area contributed by atoms with Crippen molar-refractivity contribution in [2.75, 3.05) is 42.5 Å². The number of methoxy groups -OCH3 is 1. The average Bonchev–Trinajstić information content (AvgIpc) is 3.82. The number of fused-ring (bicyclic) bond motifs is 5. The van der Waals surface area contributed by atoms with E-state index in [-0.39, 0.29) is 65.8 Å². The van der Waals surface area contributed by atoms with Crippen molar-refractivity contribution in [3.8, 4) is 17.2 Å². The molecule has 14 nitrogen and oxygen atoms in total. The highest BCUT2D eigenvalue weighted by molar-refractivity contribution is 6.19. The van der Waals surface area contributed by atoms with Gasteiger partial charge in [0.1, 0.15) is 12.4 Å². The third-order valence-electron chi connectivity index (χ3n) is 10.6. The molecule has 3 heterocycles. The van der Waals surface area contributed by atoms with E-state index in [9.17, 15) is 34.7 Å².